The normalized spacial score (nSPS) is 11.0. The molecule has 6 nitrogen and oxygen atoms in total. The second kappa shape index (κ2) is 7.87. The summed E-state index contributed by atoms with van der Waals surface area (Å²) in [5.74, 6) is 0.656. The summed E-state index contributed by atoms with van der Waals surface area (Å²) in [4.78, 5) is 16.8. The van der Waals surface area contributed by atoms with Gasteiger partial charge >= 0.3 is 6.01 Å². The number of carbonyl (C=O) groups excluding carboxylic acids is 1. The average Bonchev–Trinajstić information content (AvgIpc) is 2.92. The minimum atomic E-state index is -0.0929. The number of carbonyl (C=O) groups is 1. The fourth-order valence-corrected chi connectivity index (χ4v) is 2.07. The number of nitrogens with zero attached hydrogens (tertiary/aromatic N) is 3. The number of ether oxygens (including phenoxy) is 2. The molecule has 1 aromatic carbocycles. The molecule has 2 aromatic rings. The fraction of sp³-hybridized carbons (Fsp3) is 0.471. The molecule has 0 aliphatic rings. The number of methoxy groups -OCH3 is 1. The summed E-state index contributed by atoms with van der Waals surface area (Å²) in [5.41, 5.74) is 1.98. The van der Waals surface area contributed by atoms with E-state index in [4.69, 9.17) is 9.47 Å². The lowest BCUT2D eigenvalue weighted by molar-refractivity contribution is 0.0869. The highest BCUT2D eigenvalue weighted by Gasteiger charge is 2.19. The van der Waals surface area contributed by atoms with E-state index >= 15 is 0 Å². The minimum absolute atomic E-state index is 0.0929. The predicted octanol–water partition coefficient (Wildman–Crippen LogP) is 2.97. The number of aromatic nitrogens is 3. The molecule has 0 bridgehead atoms. The number of aryl methyl sites for hydroxylation is 1. The molecule has 0 radical (unpaired) electrons. The zero-order valence-electron chi connectivity index (χ0n) is 14.1. The summed E-state index contributed by atoms with van der Waals surface area (Å²) in [6.07, 6.45) is 0.403. The van der Waals surface area contributed by atoms with Gasteiger partial charge in [-0.1, -0.05) is 43.7 Å². The second-order valence-electron chi connectivity index (χ2n) is 5.83. The minimum Gasteiger partial charge on any atom is -0.460 e. The highest BCUT2D eigenvalue weighted by molar-refractivity contribution is 5.82. The van der Waals surface area contributed by atoms with Crippen LogP contribution in [0.15, 0.2) is 24.3 Å². The van der Waals surface area contributed by atoms with Gasteiger partial charge in [-0.15, -0.1) is 5.10 Å². The molecule has 1 aromatic heterocycles. The summed E-state index contributed by atoms with van der Waals surface area (Å²) in [5, 5.41) is 4.21. The molecule has 6 heteroatoms. The number of hydrogen-bond donors (Lipinski definition) is 0. The molecule has 0 aliphatic carbocycles. The molecule has 0 unspecified atom stereocenters. The van der Waals surface area contributed by atoms with E-state index in [0.717, 1.165) is 11.1 Å². The molecule has 2 rings (SSSR count). The Kier molecular flexibility index (Phi) is 5.87. The Bertz CT molecular complexity index is 648. The monoisotopic (exact) mass is 317 g/mol. The van der Waals surface area contributed by atoms with E-state index in [1.54, 1.807) is 7.11 Å². The Morgan fingerprint density at radius 2 is 1.91 bits per heavy atom. The van der Waals surface area contributed by atoms with Crippen molar-refractivity contribution in [3.8, 4) is 17.4 Å². The Labute approximate surface area is 136 Å². The third kappa shape index (κ3) is 4.63. The van der Waals surface area contributed by atoms with Crippen LogP contribution in [-0.4, -0.2) is 41.0 Å². The lowest BCUT2D eigenvalue weighted by Crippen LogP contribution is -2.16. The van der Waals surface area contributed by atoms with Crippen LogP contribution < -0.4 is 4.74 Å². The van der Waals surface area contributed by atoms with Gasteiger partial charge in [-0.25, -0.2) is 0 Å². The van der Waals surface area contributed by atoms with E-state index in [0.29, 0.717) is 25.5 Å². The summed E-state index contributed by atoms with van der Waals surface area (Å²) in [6.45, 7) is 6.78. The topological polar surface area (TPSA) is 66.2 Å². The molecule has 1 heterocycles. The van der Waals surface area contributed by atoms with Crippen molar-refractivity contribution >= 4 is 5.91 Å². The summed E-state index contributed by atoms with van der Waals surface area (Å²) < 4.78 is 11.7. The van der Waals surface area contributed by atoms with E-state index in [1.807, 2.05) is 45.0 Å². The maximum atomic E-state index is 12.4. The van der Waals surface area contributed by atoms with Gasteiger partial charge < -0.3 is 9.47 Å². The first-order valence-corrected chi connectivity index (χ1v) is 7.70. The van der Waals surface area contributed by atoms with Crippen LogP contribution >= 0.6 is 0 Å². The van der Waals surface area contributed by atoms with Crippen molar-refractivity contribution < 1.29 is 14.3 Å². The third-order valence-electron chi connectivity index (χ3n) is 3.24. The lowest BCUT2D eigenvalue weighted by atomic mass is 10.1. The van der Waals surface area contributed by atoms with E-state index < -0.39 is 0 Å². The molecule has 0 N–H and O–H groups in total. The molecule has 23 heavy (non-hydrogen) atoms. The highest BCUT2D eigenvalue weighted by Crippen LogP contribution is 2.21. The molecule has 0 saturated heterocycles. The second-order valence-corrected chi connectivity index (χ2v) is 5.83. The van der Waals surface area contributed by atoms with Crippen LogP contribution in [0.1, 0.15) is 30.6 Å². The molecule has 0 atom stereocenters. The van der Waals surface area contributed by atoms with Crippen molar-refractivity contribution in [2.45, 2.75) is 27.2 Å². The van der Waals surface area contributed by atoms with Crippen LogP contribution in [0.25, 0.3) is 11.4 Å². The molecule has 0 spiro atoms. The number of benzene rings is 1. The van der Waals surface area contributed by atoms with Crippen LogP contribution in [0.5, 0.6) is 6.01 Å². The van der Waals surface area contributed by atoms with E-state index in [1.165, 1.54) is 4.68 Å². The largest absolute Gasteiger partial charge is 0.460 e. The third-order valence-corrected chi connectivity index (χ3v) is 3.24. The summed E-state index contributed by atoms with van der Waals surface area (Å²) >= 11 is 0. The molecular formula is C17H23N3O3. The first kappa shape index (κ1) is 17.1. The van der Waals surface area contributed by atoms with E-state index in [2.05, 4.69) is 10.1 Å². The maximum absolute atomic E-state index is 12.4. The van der Waals surface area contributed by atoms with Crippen molar-refractivity contribution in [2.24, 2.45) is 5.92 Å². The standard InChI is InChI=1S/C17H23N3O3/c1-12(2)11-15(21)20-16(14-7-5-13(3)6-8-14)18-17(19-20)23-10-9-22-4/h5-8,12H,9-11H2,1-4H3. The van der Waals surface area contributed by atoms with Crippen LogP contribution in [0, 0.1) is 12.8 Å². The van der Waals surface area contributed by atoms with E-state index in [-0.39, 0.29) is 17.8 Å². The van der Waals surface area contributed by atoms with Gasteiger partial charge in [0.1, 0.15) is 6.61 Å². The van der Waals surface area contributed by atoms with Gasteiger partial charge in [0.15, 0.2) is 5.82 Å². The van der Waals surface area contributed by atoms with Gasteiger partial charge in [0, 0.05) is 19.1 Å². The van der Waals surface area contributed by atoms with Gasteiger partial charge in [-0.3, -0.25) is 4.79 Å². The van der Waals surface area contributed by atoms with Gasteiger partial charge in [-0.05, 0) is 12.8 Å². The van der Waals surface area contributed by atoms with Crippen LogP contribution in [0.4, 0.5) is 0 Å². The van der Waals surface area contributed by atoms with Gasteiger partial charge in [0.05, 0.1) is 6.61 Å². The Hall–Kier alpha value is -2.21. The molecule has 0 aliphatic heterocycles. The Morgan fingerprint density at radius 3 is 2.52 bits per heavy atom. The predicted molar refractivity (Wildman–Crippen MR) is 87.6 cm³/mol. The first-order chi connectivity index (χ1) is 11.0. The zero-order chi connectivity index (χ0) is 16.8. The van der Waals surface area contributed by atoms with Crippen molar-refractivity contribution in [3.05, 3.63) is 29.8 Å². The van der Waals surface area contributed by atoms with Crippen LogP contribution in [0.3, 0.4) is 0 Å². The van der Waals surface area contributed by atoms with Crippen molar-refractivity contribution in [2.75, 3.05) is 20.3 Å². The quantitative estimate of drug-likeness (QED) is 0.735. The lowest BCUT2D eigenvalue weighted by Gasteiger charge is -2.06. The summed E-state index contributed by atoms with van der Waals surface area (Å²) in [7, 11) is 1.60. The first-order valence-electron chi connectivity index (χ1n) is 7.70. The number of rotatable bonds is 7. The number of hydrogen-bond acceptors (Lipinski definition) is 5. The van der Waals surface area contributed by atoms with Gasteiger partial charge in [0.25, 0.3) is 0 Å². The molecule has 0 fully saturated rings. The molecule has 124 valence electrons. The van der Waals surface area contributed by atoms with Gasteiger partial charge in [0.2, 0.25) is 5.91 Å². The Balaban J connectivity index is 2.32. The van der Waals surface area contributed by atoms with Crippen LogP contribution in [-0.2, 0) is 4.74 Å². The van der Waals surface area contributed by atoms with Crippen LogP contribution in [0.2, 0.25) is 0 Å². The van der Waals surface area contributed by atoms with Crippen molar-refractivity contribution in [1.82, 2.24) is 14.8 Å². The fourth-order valence-electron chi connectivity index (χ4n) is 2.07. The molecule has 0 saturated carbocycles. The maximum Gasteiger partial charge on any atom is 0.336 e. The van der Waals surface area contributed by atoms with Crippen molar-refractivity contribution in [1.29, 1.82) is 0 Å². The molecule has 0 amide bonds. The average molecular weight is 317 g/mol. The van der Waals surface area contributed by atoms with E-state index in [9.17, 15) is 4.79 Å². The van der Waals surface area contributed by atoms with Crippen molar-refractivity contribution in [3.63, 3.8) is 0 Å². The molecular weight excluding hydrogens is 294 g/mol. The SMILES string of the molecule is COCCOc1nc(-c2ccc(C)cc2)n(C(=O)CC(C)C)n1. The van der Waals surface area contributed by atoms with Gasteiger partial charge in [-0.2, -0.15) is 9.67 Å². The Morgan fingerprint density at radius 1 is 1.22 bits per heavy atom. The summed E-state index contributed by atoms with van der Waals surface area (Å²) in [6, 6.07) is 8.00. The smallest absolute Gasteiger partial charge is 0.336 e. The highest BCUT2D eigenvalue weighted by atomic mass is 16.5. The zero-order valence-corrected chi connectivity index (χ0v) is 14.1.